The predicted molar refractivity (Wildman–Crippen MR) is 81.7 cm³/mol. The minimum Gasteiger partial charge on any atom is -0.389 e. The van der Waals surface area contributed by atoms with E-state index in [1.807, 2.05) is 42.5 Å². The number of rotatable bonds is 4. The van der Waals surface area contributed by atoms with Gasteiger partial charge in [0.05, 0.1) is 6.10 Å². The lowest BCUT2D eigenvalue weighted by molar-refractivity contribution is 0.0338. The summed E-state index contributed by atoms with van der Waals surface area (Å²) in [6, 6.07) is 14.9. The number of hydrogen-bond acceptors (Lipinski definition) is 3. The van der Waals surface area contributed by atoms with Gasteiger partial charge in [-0.1, -0.05) is 41.9 Å². The molecule has 2 aromatic carbocycles. The summed E-state index contributed by atoms with van der Waals surface area (Å²) in [5.41, 5.74) is 2.66. The molecular weight excluding hydrogens is 280 g/mol. The van der Waals surface area contributed by atoms with Crippen LogP contribution in [0.15, 0.2) is 48.5 Å². The fourth-order valence-corrected chi connectivity index (χ4v) is 2.19. The predicted octanol–water partition coefficient (Wildman–Crippen LogP) is 3.33. The first-order chi connectivity index (χ1) is 9.11. The van der Waals surface area contributed by atoms with E-state index < -0.39 is 12.2 Å². The fraction of sp³-hybridized carbons (Fsp3) is 0.200. The maximum absolute atomic E-state index is 9.98. The summed E-state index contributed by atoms with van der Waals surface area (Å²) >= 11 is 9.85. The molecule has 0 aliphatic rings. The molecule has 100 valence electrons. The van der Waals surface area contributed by atoms with Crippen molar-refractivity contribution < 1.29 is 10.2 Å². The highest BCUT2D eigenvalue weighted by atomic mass is 35.5. The van der Waals surface area contributed by atoms with Crippen LogP contribution in [-0.2, 0) is 0 Å². The first-order valence-electron chi connectivity index (χ1n) is 5.94. The van der Waals surface area contributed by atoms with E-state index in [0.717, 1.165) is 11.1 Å². The van der Waals surface area contributed by atoms with Gasteiger partial charge >= 0.3 is 0 Å². The number of hydrogen-bond donors (Lipinski definition) is 3. The van der Waals surface area contributed by atoms with Gasteiger partial charge in [-0.15, -0.1) is 0 Å². The second kappa shape index (κ2) is 6.44. The molecule has 0 aromatic heterocycles. The standard InChI is InChI=1S/C15H15ClO2S/c16-13-6-4-10(5-7-13)11-2-1-3-12(8-11)15(18)14(17)9-19/h1-8,14-15,17-19H,9H2. The second-order valence-electron chi connectivity index (χ2n) is 4.33. The molecule has 19 heavy (non-hydrogen) atoms. The van der Waals surface area contributed by atoms with Crippen LogP contribution in [0, 0.1) is 0 Å². The van der Waals surface area contributed by atoms with Gasteiger partial charge in [0.1, 0.15) is 6.10 Å². The van der Waals surface area contributed by atoms with Crippen molar-refractivity contribution in [2.24, 2.45) is 0 Å². The number of thiol groups is 1. The van der Waals surface area contributed by atoms with Crippen molar-refractivity contribution in [2.75, 3.05) is 5.75 Å². The van der Waals surface area contributed by atoms with E-state index in [4.69, 9.17) is 11.6 Å². The van der Waals surface area contributed by atoms with Gasteiger partial charge in [0, 0.05) is 10.8 Å². The highest BCUT2D eigenvalue weighted by molar-refractivity contribution is 7.80. The summed E-state index contributed by atoms with van der Waals surface area (Å²) in [6.45, 7) is 0. The summed E-state index contributed by atoms with van der Waals surface area (Å²) in [7, 11) is 0. The molecule has 2 rings (SSSR count). The van der Waals surface area contributed by atoms with Crippen LogP contribution < -0.4 is 0 Å². The molecular formula is C15H15ClO2S. The molecule has 2 nitrogen and oxygen atoms in total. The van der Waals surface area contributed by atoms with Crippen LogP contribution in [0.25, 0.3) is 11.1 Å². The maximum Gasteiger partial charge on any atom is 0.106 e. The summed E-state index contributed by atoms with van der Waals surface area (Å²) < 4.78 is 0. The summed E-state index contributed by atoms with van der Waals surface area (Å²) in [6.07, 6.45) is -1.80. The van der Waals surface area contributed by atoms with Gasteiger partial charge in [-0.3, -0.25) is 0 Å². The molecule has 2 N–H and O–H groups in total. The largest absolute Gasteiger partial charge is 0.389 e. The van der Waals surface area contributed by atoms with E-state index in [0.29, 0.717) is 10.6 Å². The highest BCUT2D eigenvalue weighted by Gasteiger charge is 2.17. The molecule has 0 aliphatic heterocycles. The second-order valence-corrected chi connectivity index (χ2v) is 5.13. The van der Waals surface area contributed by atoms with E-state index in [9.17, 15) is 10.2 Å². The third kappa shape index (κ3) is 3.51. The van der Waals surface area contributed by atoms with Gasteiger partial charge in [-0.05, 0) is 34.9 Å². The molecule has 2 unspecified atom stereocenters. The fourth-order valence-electron chi connectivity index (χ4n) is 1.87. The molecule has 0 saturated carbocycles. The zero-order valence-electron chi connectivity index (χ0n) is 10.2. The third-order valence-electron chi connectivity index (χ3n) is 2.96. The Kier molecular flexibility index (Phi) is 4.88. The first kappa shape index (κ1) is 14.4. The zero-order chi connectivity index (χ0) is 13.8. The van der Waals surface area contributed by atoms with Crippen LogP contribution in [0.4, 0.5) is 0 Å². The molecule has 2 atom stereocenters. The Hall–Kier alpha value is -1.00. The minimum atomic E-state index is -0.926. The molecule has 0 radical (unpaired) electrons. The maximum atomic E-state index is 9.98. The number of halogens is 1. The monoisotopic (exact) mass is 294 g/mol. The van der Waals surface area contributed by atoms with Gasteiger partial charge < -0.3 is 10.2 Å². The Bertz CT molecular complexity index is 542. The van der Waals surface area contributed by atoms with E-state index in [2.05, 4.69) is 12.6 Å². The third-order valence-corrected chi connectivity index (χ3v) is 3.58. The summed E-state index contributed by atoms with van der Waals surface area (Å²) in [4.78, 5) is 0. The van der Waals surface area contributed by atoms with Gasteiger partial charge in [0.2, 0.25) is 0 Å². The molecule has 0 fully saturated rings. The zero-order valence-corrected chi connectivity index (χ0v) is 11.9. The van der Waals surface area contributed by atoms with Gasteiger partial charge in [-0.25, -0.2) is 0 Å². The van der Waals surface area contributed by atoms with Crippen LogP contribution >= 0.6 is 24.2 Å². The van der Waals surface area contributed by atoms with E-state index >= 15 is 0 Å². The Morgan fingerprint density at radius 2 is 1.68 bits per heavy atom. The lowest BCUT2D eigenvalue weighted by Crippen LogP contribution is -2.19. The van der Waals surface area contributed by atoms with Crippen LogP contribution in [0.3, 0.4) is 0 Å². The molecule has 0 spiro atoms. The molecule has 4 heteroatoms. The van der Waals surface area contributed by atoms with Gasteiger partial charge in [0.25, 0.3) is 0 Å². The SMILES string of the molecule is OC(CS)C(O)c1cccc(-c2ccc(Cl)cc2)c1. The van der Waals surface area contributed by atoms with Crippen molar-refractivity contribution in [3.05, 3.63) is 59.1 Å². The summed E-state index contributed by atoms with van der Waals surface area (Å²) in [5, 5.41) is 20.3. The summed E-state index contributed by atoms with van der Waals surface area (Å²) in [5.74, 6) is 0.215. The Morgan fingerprint density at radius 1 is 1.00 bits per heavy atom. The van der Waals surface area contributed by atoms with Crippen LogP contribution in [0.5, 0.6) is 0 Å². The van der Waals surface area contributed by atoms with Crippen LogP contribution in [0.2, 0.25) is 5.02 Å². The lowest BCUT2D eigenvalue weighted by Gasteiger charge is -2.17. The Morgan fingerprint density at radius 3 is 2.32 bits per heavy atom. The van der Waals surface area contributed by atoms with Crippen molar-refractivity contribution in [1.29, 1.82) is 0 Å². The Labute approximate surface area is 123 Å². The molecule has 0 saturated heterocycles. The number of aliphatic hydroxyl groups excluding tert-OH is 2. The number of aliphatic hydroxyl groups is 2. The van der Waals surface area contributed by atoms with Crippen LogP contribution in [-0.4, -0.2) is 22.1 Å². The molecule has 0 heterocycles. The van der Waals surface area contributed by atoms with E-state index in [1.54, 1.807) is 6.07 Å². The van der Waals surface area contributed by atoms with Crippen molar-refractivity contribution in [1.82, 2.24) is 0 Å². The number of benzene rings is 2. The molecule has 0 amide bonds. The van der Waals surface area contributed by atoms with Crippen molar-refractivity contribution in [2.45, 2.75) is 12.2 Å². The average molecular weight is 295 g/mol. The average Bonchev–Trinajstić information content (AvgIpc) is 2.46. The van der Waals surface area contributed by atoms with Gasteiger partial charge in [-0.2, -0.15) is 12.6 Å². The van der Waals surface area contributed by atoms with Crippen molar-refractivity contribution >= 4 is 24.2 Å². The normalized spacial score (nSPS) is 14.1. The highest BCUT2D eigenvalue weighted by Crippen LogP contribution is 2.26. The van der Waals surface area contributed by atoms with Crippen LogP contribution in [0.1, 0.15) is 11.7 Å². The van der Waals surface area contributed by atoms with Crippen molar-refractivity contribution in [3.8, 4) is 11.1 Å². The molecule has 2 aromatic rings. The lowest BCUT2D eigenvalue weighted by atomic mass is 9.99. The molecule has 0 bridgehead atoms. The first-order valence-corrected chi connectivity index (χ1v) is 6.96. The minimum absolute atomic E-state index is 0.215. The van der Waals surface area contributed by atoms with E-state index in [1.165, 1.54) is 0 Å². The smallest absolute Gasteiger partial charge is 0.106 e. The van der Waals surface area contributed by atoms with Gasteiger partial charge in [0.15, 0.2) is 0 Å². The topological polar surface area (TPSA) is 40.5 Å². The quantitative estimate of drug-likeness (QED) is 0.757. The van der Waals surface area contributed by atoms with Crippen molar-refractivity contribution in [3.63, 3.8) is 0 Å². The molecule has 0 aliphatic carbocycles. The Balaban J connectivity index is 2.31. The van der Waals surface area contributed by atoms with E-state index in [-0.39, 0.29) is 5.75 Å².